The molecule has 104 valence electrons. The van der Waals surface area contributed by atoms with Crippen molar-refractivity contribution >= 4 is 12.7 Å². The maximum atomic E-state index is 10.0. The van der Waals surface area contributed by atoms with E-state index in [1.54, 1.807) is 0 Å². The Bertz CT molecular complexity index is 662. The van der Waals surface area contributed by atoms with Crippen LogP contribution in [0.2, 0.25) is 0 Å². The SMILES string of the molecule is OB(O)C1(c2ccccc2)C=CC=C(c2ccccc2)C1. The van der Waals surface area contributed by atoms with E-state index in [0.717, 1.165) is 16.7 Å². The summed E-state index contributed by atoms with van der Waals surface area (Å²) in [5.41, 5.74) is 3.13. The first-order chi connectivity index (χ1) is 10.2. The lowest BCUT2D eigenvalue weighted by Crippen LogP contribution is -2.43. The summed E-state index contributed by atoms with van der Waals surface area (Å²) in [7, 11) is -1.44. The van der Waals surface area contributed by atoms with Crippen molar-refractivity contribution in [2.45, 2.75) is 11.7 Å². The van der Waals surface area contributed by atoms with Crippen LogP contribution in [-0.2, 0) is 5.31 Å². The summed E-state index contributed by atoms with van der Waals surface area (Å²) in [6, 6.07) is 19.7. The maximum absolute atomic E-state index is 10.0. The van der Waals surface area contributed by atoms with Crippen molar-refractivity contribution in [3.63, 3.8) is 0 Å². The van der Waals surface area contributed by atoms with E-state index in [1.807, 2.05) is 78.9 Å². The van der Waals surface area contributed by atoms with Gasteiger partial charge in [0.1, 0.15) is 0 Å². The van der Waals surface area contributed by atoms with Gasteiger partial charge in [-0.15, -0.1) is 0 Å². The lowest BCUT2D eigenvalue weighted by molar-refractivity contribution is 0.364. The van der Waals surface area contributed by atoms with Crippen LogP contribution in [0.25, 0.3) is 5.57 Å². The van der Waals surface area contributed by atoms with Gasteiger partial charge < -0.3 is 10.0 Å². The fourth-order valence-corrected chi connectivity index (χ4v) is 2.89. The van der Waals surface area contributed by atoms with E-state index in [2.05, 4.69) is 0 Å². The molecule has 1 aliphatic rings. The molecule has 2 aromatic rings. The van der Waals surface area contributed by atoms with Gasteiger partial charge in [0.25, 0.3) is 0 Å². The van der Waals surface area contributed by atoms with Crippen molar-refractivity contribution in [1.29, 1.82) is 0 Å². The molecule has 3 rings (SSSR count). The average molecular weight is 276 g/mol. The van der Waals surface area contributed by atoms with Gasteiger partial charge >= 0.3 is 7.12 Å². The summed E-state index contributed by atoms with van der Waals surface area (Å²) in [6.45, 7) is 0. The summed E-state index contributed by atoms with van der Waals surface area (Å²) in [5, 5.41) is 19.3. The van der Waals surface area contributed by atoms with Crippen molar-refractivity contribution in [3.8, 4) is 0 Å². The van der Waals surface area contributed by atoms with Crippen LogP contribution in [0.15, 0.2) is 78.9 Å². The molecule has 2 N–H and O–H groups in total. The van der Waals surface area contributed by atoms with E-state index >= 15 is 0 Å². The van der Waals surface area contributed by atoms with Gasteiger partial charge in [0.05, 0.1) is 5.31 Å². The first kappa shape index (κ1) is 13.9. The van der Waals surface area contributed by atoms with Gasteiger partial charge in [-0.2, -0.15) is 0 Å². The third-order valence-corrected chi connectivity index (χ3v) is 4.09. The van der Waals surface area contributed by atoms with Crippen molar-refractivity contribution < 1.29 is 10.0 Å². The molecule has 1 aliphatic carbocycles. The number of rotatable bonds is 3. The minimum Gasteiger partial charge on any atom is -0.426 e. The highest BCUT2D eigenvalue weighted by molar-refractivity contribution is 6.47. The Kier molecular flexibility index (Phi) is 3.78. The molecule has 0 amide bonds. The molecule has 3 heteroatoms. The van der Waals surface area contributed by atoms with Crippen molar-refractivity contribution in [3.05, 3.63) is 90.0 Å². The monoisotopic (exact) mass is 276 g/mol. The molecule has 0 aliphatic heterocycles. The van der Waals surface area contributed by atoms with Gasteiger partial charge in [0.2, 0.25) is 0 Å². The van der Waals surface area contributed by atoms with Crippen molar-refractivity contribution in [2.75, 3.05) is 0 Å². The molecular weight excluding hydrogens is 259 g/mol. The van der Waals surface area contributed by atoms with Crippen molar-refractivity contribution in [1.82, 2.24) is 0 Å². The second kappa shape index (κ2) is 5.72. The van der Waals surface area contributed by atoms with Crippen LogP contribution in [0.5, 0.6) is 0 Å². The maximum Gasteiger partial charge on any atom is 0.467 e. The van der Waals surface area contributed by atoms with Crippen LogP contribution in [-0.4, -0.2) is 17.2 Å². The minimum atomic E-state index is -1.44. The number of allylic oxidation sites excluding steroid dienone is 4. The van der Waals surface area contributed by atoms with Gasteiger partial charge in [0, 0.05) is 0 Å². The summed E-state index contributed by atoms with van der Waals surface area (Å²) >= 11 is 0. The Hall–Kier alpha value is -2.10. The van der Waals surface area contributed by atoms with Gasteiger partial charge in [0.15, 0.2) is 0 Å². The third kappa shape index (κ3) is 2.58. The molecule has 2 aromatic carbocycles. The molecule has 0 radical (unpaired) electrons. The third-order valence-electron chi connectivity index (χ3n) is 4.09. The number of hydrogen-bond donors (Lipinski definition) is 2. The van der Waals surface area contributed by atoms with Crippen LogP contribution in [0.4, 0.5) is 0 Å². The Balaban J connectivity index is 2.02. The van der Waals surface area contributed by atoms with Crippen LogP contribution < -0.4 is 0 Å². The summed E-state index contributed by atoms with van der Waals surface area (Å²) < 4.78 is 0. The predicted octanol–water partition coefficient (Wildman–Crippen LogP) is 2.98. The molecule has 2 nitrogen and oxygen atoms in total. The van der Waals surface area contributed by atoms with E-state index in [4.69, 9.17) is 0 Å². The average Bonchev–Trinajstić information content (AvgIpc) is 2.56. The molecule has 0 bridgehead atoms. The van der Waals surface area contributed by atoms with Crippen LogP contribution in [0, 0.1) is 0 Å². The smallest absolute Gasteiger partial charge is 0.426 e. The Labute approximate surface area is 125 Å². The lowest BCUT2D eigenvalue weighted by atomic mass is 9.50. The van der Waals surface area contributed by atoms with E-state index < -0.39 is 12.4 Å². The van der Waals surface area contributed by atoms with Gasteiger partial charge in [-0.25, -0.2) is 0 Å². The molecule has 0 saturated heterocycles. The van der Waals surface area contributed by atoms with E-state index in [9.17, 15) is 10.0 Å². The molecule has 0 aromatic heterocycles. The summed E-state index contributed by atoms with van der Waals surface area (Å²) in [5.74, 6) is 0. The first-order valence-electron chi connectivity index (χ1n) is 7.08. The summed E-state index contributed by atoms with van der Waals surface area (Å²) in [4.78, 5) is 0. The number of benzene rings is 2. The lowest BCUT2D eigenvalue weighted by Gasteiger charge is -2.33. The van der Waals surface area contributed by atoms with Gasteiger partial charge in [-0.3, -0.25) is 0 Å². The highest BCUT2D eigenvalue weighted by Gasteiger charge is 2.43. The largest absolute Gasteiger partial charge is 0.467 e. The fourth-order valence-electron chi connectivity index (χ4n) is 2.89. The quantitative estimate of drug-likeness (QED) is 0.846. The highest BCUT2D eigenvalue weighted by atomic mass is 16.4. The van der Waals surface area contributed by atoms with Gasteiger partial charge in [-0.05, 0) is 23.1 Å². The molecule has 0 spiro atoms. The zero-order valence-electron chi connectivity index (χ0n) is 11.7. The molecule has 1 unspecified atom stereocenters. The topological polar surface area (TPSA) is 40.5 Å². The number of hydrogen-bond acceptors (Lipinski definition) is 2. The normalized spacial score (nSPS) is 21.0. The molecule has 0 heterocycles. The zero-order chi connectivity index (χ0) is 14.7. The molecule has 1 atom stereocenters. The van der Waals surface area contributed by atoms with Crippen LogP contribution >= 0.6 is 0 Å². The highest BCUT2D eigenvalue weighted by Crippen LogP contribution is 2.39. The van der Waals surface area contributed by atoms with Crippen molar-refractivity contribution in [2.24, 2.45) is 0 Å². The molecule has 21 heavy (non-hydrogen) atoms. The fraction of sp³-hybridized carbons (Fsp3) is 0.111. The standard InChI is InChI=1S/C18H17BO2/c20-19(21)18(17-11-5-2-6-12-17)13-7-10-16(14-18)15-8-3-1-4-9-15/h1-13,20-21H,14H2. The van der Waals surface area contributed by atoms with Gasteiger partial charge in [-0.1, -0.05) is 78.9 Å². The Morgan fingerprint density at radius 3 is 2.10 bits per heavy atom. The van der Waals surface area contributed by atoms with E-state index in [1.165, 1.54) is 0 Å². The second-order valence-electron chi connectivity index (χ2n) is 5.37. The van der Waals surface area contributed by atoms with Crippen LogP contribution in [0.3, 0.4) is 0 Å². The summed E-state index contributed by atoms with van der Waals surface area (Å²) in [6.07, 6.45) is 6.41. The first-order valence-corrected chi connectivity index (χ1v) is 7.08. The Morgan fingerprint density at radius 2 is 1.48 bits per heavy atom. The van der Waals surface area contributed by atoms with E-state index in [-0.39, 0.29) is 0 Å². The minimum absolute atomic E-state index is 0.565. The Morgan fingerprint density at radius 1 is 0.857 bits per heavy atom. The van der Waals surface area contributed by atoms with Crippen LogP contribution in [0.1, 0.15) is 17.5 Å². The predicted molar refractivity (Wildman–Crippen MR) is 86.5 cm³/mol. The van der Waals surface area contributed by atoms with E-state index in [0.29, 0.717) is 6.42 Å². The molecule has 0 fully saturated rings. The molecular formula is C18H17BO2. The molecule has 0 saturated carbocycles. The second-order valence-corrected chi connectivity index (χ2v) is 5.37. The zero-order valence-corrected chi connectivity index (χ0v) is 11.7.